The molecule has 0 aliphatic carbocycles. The number of rotatable bonds is 3. The molecule has 0 aromatic heterocycles. The van der Waals surface area contributed by atoms with Gasteiger partial charge in [0.25, 0.3) is 5.91 Å². The highest BCUT2D eigenvalue weighted by molar-refractivity contribution is 5.86. The molecule has 108 valence electrons. The van der Waals surface area contributed by atoms with E-state index in [1.807, 2.05) is 0 Å². The van der Waals surface area contributed by atoms with Gasteiger partial charge in [0.05, 0.1) is 13.0 Å². The molecule has 0 saturated carbocycles. The van der Waals surface area contributed by atoms with Crippen molar-refractivity contribution in [1.29, 1.82) is 0 Å². The Morgan fingerprint density at radius 3 is 2.50 bits per heavy atom. The van der Waals surface area contributed by atoms with Crippen LogP contribution in [0.3, 0.4) is 0 Å². The second-order valence-electron chi connectivity index (χ2n) is 4.21. The van der Waals surface area contributed by atoms with Crippen molar-refractivity contribution in [2.75, 3.05) is 13.7 Å². The summed E-state index contributed by atoms with van der Waals surface area (Å²) in [6, 6.07) is 1.98. The molecule has 2 rings (SSSR count). The quantitative estimate of drug-likeness (QED) is 0.853. The topological polar surface area (TPSA) is 90.7 Å². The van der Waals surface area contributed by atoms with Crippen molar-refractivity contribution in [3.8, 4) is 5.75 Å². The zero-order valence-electron chi connectivity index (χ0n) is 10.5. The number of primary amides is 1. The summed E-state index contributed by atoms with van der Waals surface area (Å²) in [5, 5.41) is 2.37. The summed E-state index contributed by atoms with van der Waals surface area (Å²) >= 11 is 0. The largest absolute Gasteiger partial charge is 0.497 e. The molecule has 0 unspecified atom stereocenters. The molecule has 3 N–H and O–H groups in total. The van der Waals surface area contributed by atoms with E-state index in [2.05, 4.69) is 10.1 Å². The highest BCUT2D eigenvalue weighted by Crippen LogP contribution is 2.32. The van der Waals surface area contributed by atoms with Gasteiger partial charge in [0, 0.05) is 24.2 Å². The van der Waals surface area contributed by atoms with E-state index in [1.54, 1.807) is 0 Å². The Morgan fingerprint density at radius 2 is 2.00 bits per heavy atom. The number of halogens is 2. The molecule has 0 spiro atoms. The normalized spacial score (nSPS) is 21.4. The minimum Gasteiger partial charge on any atom is -0.497 e. The number of methoxy groups -OCH3 is 1. The molecule has 8 heteroatoms. The first-order valence-corrected chi connectivity index (χ1v) is 5.70. The first-order chi connectivity index (χ1) is 9.43. The molecule has 1 aromatic carbocycles. The van der Waals surface area contributed by atoms with Crippen LogP contribution in [0.25, 0.3) is 0 Å². The van der Waals surface area contributed by atoms with E-state index in [4.69, 9.17) is 10.5 Å². The summed E-state index contributed by atoms with van der Waals surface area (Å²) in [7, 11) is 1.27. The number of benzene rings is 1. The van der Waals surface area contributed by atoms with Crippen LogP contribution in [0, 0.1) is 11.6 Å². The lowest BCUT2D eigenvalue weighted by molar-refractivity contribution is -0.126. The van der Waals surface area contributed by atoms with Gasteiger partial charge in [0.2, 0.25) is 0 Å². The molecule has 1 aliphatic heterocycles. The van der Waals surface area contributed by atoms with Gasteiger partial charge in [0.1, 0.15) is 17.4 Å². The third-order valence-corrected chi connectivity index (χ3v) is 3.02. The molecular formula is C12H12F2N2O4. The van der Waals surface area contributed by atoms with E-state index >= 15 is 0 Å². The first kappa shape index (κ1) is 14.0. The average molecular weight is 286 g/mol. The number of carbonyl (C=O) groups is 2. The van der Waals surface area contributed by atoms with E-state index in [-0.39, 0.29) is 17.9 Å². The molecule has 0 bridgehead atoms. The highest BCUT2D eigenvalue weighted by atomic mass is 19.1. The Labute approximate surface area is 112 Å². The summed E-state index contributed by atoms with van der Waals surface area (Å²) in [6.45, 7) is -0.0586. The van der Waals surface area contributed by atoms with E-state index in [9.17, 15) is 18.4 Å². The molecular weight excluding hydrogens is 274 g/mol. The maximum atomic E-state index is 14.0. The van der Waals surface area contributed by atoms with Crippen molar-refractivity contribution in [1.82, 2.24) is 5.32 Å². The third kappa shape index (κ3) is 2.49. The molecule has 1 aliphatic rings. The van der Waals surface area contributed by atoms with Gasteiger partial charge in [-0.15, -0.1) is 0 Å². The fourth-order valence-electron chi connectivity index (χ4n) is 2.15. The van der Waals surface area contributed by atoms with Crippen molar-refractivity contribution in [2.24, 2.45) is 5.73 Å². The molecule has 1 heterocycles. The summed E-state index contributed by atoms with van der Waals surface area (Å²) < 4.78 is 37.3. The van der Waals surface area contributed by atoms with Gasteiger partial charge in [-0.3, -0.25) is 4.79 Å². The Morgan fingerprint density at radius 1 is 1.40 bits per heavy atom. The van der Waals surface area contributed by atoms with Crippen LogP contribution in [0.4, 0.5) is 13.6 Å². The van der Waals surface area contributed by atoms with Crippen molar-refractivity contribution >= 4 is 12.0 Å². The number of hydrogen-bond donors (Lipinski definition) is 2. The van der Waals surface area contributed by atoms with Crippen LogP contribution in [0.5, 0.6) is 5.75 Å². The van der Waals surface area contributed by atoms with Gasteiger partial charge < -0.3 is 20.5 Å². The number of amides is 2. The number of nitrogens with two attached hydrogens (primary N) is 1. The number of carbonyl (C=O) groups excluding carboxylic acids is 2. The van der Waals surface area contributed by atoms with Crippen LogP contribution in [-0.2, 0) is 9.53 Å². The van der Waals surface area contributed by atoms with Crippen molar-refractivity contribution in [3.05, 3.63) is 29.3 Å². The van der Waals surface area contributed by atoms with Gasteiger partial charge in [-0.2, -0.15) is 0 Å². The maximum absolute atomic E-state index is 14.0. The highest BCUT2D eigenvalue weighted by Gasteiger charge is 2.41. The Hall–Kier alpha value is -2.38. The SMILES string of the molecule is COc1cc(F)c([C@@H]2CNC(=O)[C@H]2OC(N)=O)c(F)c1. The summed E-state index contributed by atoms with van der Waals surface area (Å²) in [4.78, 5) is 22.3. The molecule has 6 nitrogen and oxygen atoms in total. The monoisotopic (exact) mass is 286 g/mol. The van der Waals surface area contributed by atoms with Gasteiger partial charge >= 0.3 is 6.09 Å². The van der Waals surface area contributed by atoms with Crippen LogP contribution >= 0.6 is 0 Å². The zero-order chi connectivity index (χ0) is 14.9. The van der Waals surface area contributed by atoms with E-state index in [0.717, 1.165) is 12.1 Å². The van der Waals surface area contributed by atoms with Gasteiger partial charge in [-0.25, -0.2) is 13.6 Å². The summed E-state index contributed by atoms with van der Waals surface area (Å²) in [6.07, 6.45) is -2.55. The predicted octanol–water partition coefficient (Wildman–Crippen LogP) is 0.651. The van der Waals surface area contributed by atoms with Crippen LogP contribution in [0.15, 0.2) is 12.1 Å². The second kappa shape index (κ2) is 5.32. The molecule has 1 fully saturated rings. The Bertz CT molecular complexity index is 541. The number of hydrogen-bond acceptors (Lipinski definition) is 4. The summed E-state index contributed by atoms with van der Waals surface area (Å²) in [5.41, 5.74) is 4.50. The van der Waals surface area contributed by atoms with Gasteiger partial charge in [0.15, 0.2) is 6.10 Å². The lowest BCUT2D eigenvalue weighted by atomic mass is 9.94. The molecule has 20 heavy (non-hydrogen) atoms. The molecule has 0 radical (unpaired) electrons. The van der Waals surface area contributed by atoms with Gasteiger partial charge in [-0.05, 0) is 0 Å². The lowest BCUT2D eigenvalue weighted by Gasteiger charge is -2.18. The fourth-order valence-corrected chi connectivity index (χ4v) is 2.15. The second-order valence-corrected chi connectivity index (χ2v) is 4.21. The molecule has 2 amide bonds. The van der Waals surface area contributed by atoms with Crippen molar-refractivity contribution in [3.63, 3.8) is 0 Å². The van der Waals surface area contributed by atoms with Gasteiger partial charge in [-0.1, -0.05) is 0 Å². The van der Waals surface area contributed by atoms with Crippen LogP contribution < -0.4 is 15.8 Å². The summed E-state index contributed by atoms with van der Waals surface area (Å²) in [5.74, 6) is -3.40. The average Bonchev–Trinajstić information content (AvgIpc) is 2.70. The van der Waals surface area contributed by atoms with E-state index in [0.29, 0.717) is 0 Å². The first-order valence-electron chi connectivity index (χ1n) is 5.70. The number of ether oxygens (including phenoxy) is 2. The molecule has 1 saturated heterocycles. The maximum Gasteiger partial charge on any atom is 0.405 e. The molecule has 1 aromatic rings. The van der Waals surface area contributed by atoms with Crippen molar-refractivity contribution in [2.45, 2.75) is 12.0 Å². The smallest absolute Gasteiger partial charge is 0.405 e. The Kier molecular flexibility index (Phi) is 3.73. The van der Waals surface area contributed by atoms with E-state index < -0.39 is 35.7 Å². The lowest BCUT2D eigenvalue weighted by Crippen LogP contribution is -2.32. The van der Waals surface area contributed by atoms with E-state index in [1.165, 1.54) is 7.11 Å². The molecule has 2 atom stereocenters. The Balaban J connectivity index is 2.39. The van der Waals surface area contributed by atoms with Crippen molar-refractivity contribution < 1.29 is 27.8 Å². The minimum absolute atomic E-state index is 0.00778. The predicted molar refractivity (Wildman–Crippen MR) is 63.1 cm³/mol. The minimum atomic E-state index is -1.36. The third-order valence-electron chi connectivity index (χ3n) is 3.02. The number of nitrogens with one attached hydrogen (secondary N) is 1. The zero-order valence-corrected chi connectivity index (χ0v) is 10.5. The van der Waals surface area contributed by atoms with Crippen LogP contribution in [-0.4, -0.2) is 31.8 Å². The fraction of sp³-hybridized carbons (Fsp3) is 0.333. The van der Waals surface area contributed by atoms with Crippen LogP contribution in [0.1, 0.15) is 11.5 Å². The standard InChI is InChI=1S/C12H12F2N2O4/c1-19-5-2-7(13)9(8(14)3-5)6-4-16-11(17)10(6)20-12(15)18/h2-3,6,10H,4H2,1H3,(H2,15,18)(H,16,17)/t6-,10-/m0/s1. The van der Waals surface area contributed by atoms with Crippen LogP contribution in [0.2, 0.25) is 0 Å².